The maximum atomic E-state index is 11.9. The van der Waals surface area contributed by atoms with Gasteiger partial charge in [0.25, 0.3) is 0 Å². The van der Waals surface area contributed by atoms with Crippen LogP contribution in [0.3, 0.4) is 0 Å². The van der Waals surface area contributed by atoms with Gasteiger partial charge >= 0.3 is 0 Å². The van der Waals surface area contributed by atoms with E-state index < -0.39 is 11.0 Å². The van der Waals surface area contributed by atoms with Crippen LogP contribution in [-0.4, -0.2) is 22.0 Å². The lowest BCUT2D eigenvalue weighted by Gasteiger charge is -2.14. The SMILES string of the molecule is CO/C(CCc1ccccc1)=N/[S@](=O)C(C)(C)C. The molecule has 0 radical (unpaired) electrons. The number of ether oxygens (including phenoxy) is 1. The largest absolute Gasteiger partial charge is 0.484 e. The summed E-state index contributed by atoms with van der Waals surface area (Å²) in [7, 11) is 0.311. The van der Waals surface area contributed by atoms with Crippen LogP contribution in [0.25, 0.3) is 0 Å². The topological polar surface area (TPSA) is 38.7 Å². The molecular weight excluding hydrogens is 246 g/mol. The zero-order valence-corrected chi connectivity index (χ0v) is 12.3. The Morgan fingerprint density at radius 3 is 2.39 bits per heavy atom. The van der Waals surface area contributed by atoms with Gasteiger partial charge in [0, 0.05) is 6.42 Å². The summed E-state index contributed by atoms with van der Waals surface area (Å²) in [6.45, 7) is 5.70. The molecule has 0 fully saturated rings. The smallest absolute Gasteiger partial charge is 0.197 e. The molecule has 1 rings (SSSR count). The predicted molar refractivity (Wildman–Crippen MR) is 77.1 cm³/mol. The Morgan fingerprint density at radius 2 is 1.89 bits per heavy atom. The summed E-state index contributed by atoms with van der Waals surface area (Å²) in [6.07, 6.45) is 1.51. The van der Waals surface area contributed by atoms with Crippen molar-refractivity contribution < 1.29 is 8.95 Å². The fourth-order valence-electron chi connectivity index (χ4n) is 1.31. The number of rotatable bonds is 4. The summed E-state index contributed by atoms with van der Waals surface area (Å²) < 4.78 is 20.9. The molecule has 0 aromatic heterocycles. The van der Waals surface area contributed by atoms with Gasteiger partial charge in [-0.15, -0.1) is 0 Å². The van der Waals surface area contributed by atoms with Crippen LogP contribution in [0.15, 0.2) is 34.7 Å². The first kappa shape index (κ1) is 14.9. The molecule has 0 spiro atoms. The Labute approximate surface area is 112 Å². The highest BCUT2D eigenvalue weighted by molar-refractivity contribution is 7.85. The Kier molecular flexibility index (Phi) is 5.54. The summed E-state index contributed by atoms with van der Waals surface area (Å²) in [6, 6.07) is 10.1. The number of aryl methyl sites for hydroxylation is 1. The van der Waals surface area contributed by atoms with Gasteiger partial charge in [0.1, 0.15) is 11.0 Å². The second-order valence-corrected chi connectivity index (χ2v) is 6.94. The van der Waals surface area contributed by atoms with Crippen LogP contribution in [0.4, 0.5) is 0 Å². The minimum Gasteiger partial charge on any atom is -0.484 e. The molecule has 4 heteroatoms. The van der Waals surface area contributed by atoms with E-state index in [0.717, 1.165) is 6.42 Å². The van der Waals surface area contributed by atoms with Crippen molar-refractivity contribution in [3.8, 4) is 0 Å². The molecule has 0 unspecified atom stereocenters. The third kappa shape index (κ3) is 5.00. The summed E-state index contributed by atoms with van der Waals surface area (Å²) in [4.78, 5) is 0. The molecule has 0 bridgehead atoms. The Bertz CT molecular complexity index is 421. The van der Waals surface area contributed by atoms with E-state index in [1.165, 1.54) is 5.56 Å². The fourth-order valence-corrected chi connectivity index (χ4v) is 1.93. The molecule has 3 nitrogen and oxygen atoms in total. The van der Waals surface area contributed by atoms with Crippen molar-refractivity contribution in [2.45, 2.75) is 38.4 Å². The first-order chi connectivity index (χ1) is 8.43. The first-order valence-electron chi connectivity index (χ1n) is 6.01. The van der Waals surface area contributed by atoms with Crippen LogP contribution >= 0.6 is 0 Å². The van der Waals surface area contributed by atoms with E-state index in [4.69, 9.17) is 4.74 Å². The predicted octanol–water partition coefficient (Wildman–Crippen LogP) is 3.13. The van der Waals surface area contributed by atoms with Gasteiger partial charge in [-0.05, 0) is 32.8 Å². The summed E-state index contributed by atoms with van der Waals surface area (Å²) in [5.41, 5.74) is 1.23. The van der Waals surface area contributed by atoms with E-state index in [9.17, 15) is 4.21 Å². The van der Waals surface area contributed by atoms with Crippen molar-refractivity contribution in [1.29, 1.82) is 0 Å². The molecule has 100 valence electrons. The van der Waals surface area contributed by atoms with Gasteiger partial charge in [-0.1, -0.05) is 30.3 Å². The van der Waals surface area contributed by atoms with Gasteiger partial charge in [0.15, 0.2) is 5.90 Å². The van der Waals surface area contributed by atoms with E-state index >= 15 is 0 Å². The van der Waals surface area contributed by atoms with Crippen LogP contribution in [0, 0.1) is 0 Å². The van der Waals surface area contributed by atoms with Crippen LogP contribution in [0.5, 0.6) is 0 Å². The molecule has 1 aromatic rings. The molecule has 0 N–H and O–H groups in total. The summed E-state index contributed by atoms with van der Waals surface area (Å²) >= 11 is 0. The van der Waals surface area contributed by atoms with Crippen molar-refractivity contribution >= 4 is 16.9 Å². The number of hydrogen-bond acceptors (Lipinski definition) is 2. The summed E-state index contributed by atoms with van der Waals surface area (Å²) in [5, 5.41) is 0. The molecule has 1 aromatic carbocycles. The highest BCUT2D eigenvalue weighted by Crippen LogP contribution is 2.13. The lowest BCUT2D eigenvalue weighted by Crippen LogP contribution is -2.21. The minimum atomic E-state index is -1.26. The van der Waals surface area contributed by atoms with E-state index in [2.05, 4.69) is 16.5 Å². The Hall–Kier alpha value is -1.16. The second kappa shape index (κ2) is 6.69. The monoisotopic (exact) mass is 267 g/mol. The van der Waals surface area contributed by atoms with Crippen molar-refractivity contribution in [3.63, 3.8) is 0 Å². The highest BCUT2D eigenvalue weighted by Gasteiger charge is 2.19. The zero-order chi connectivity index (χ0) is 13.6. The maximum absolute atomic E-state index is 11.9. The van der Waals surface area contributed by atoms with Crippen molar-refractivity contribution in [1.82, 2.24) is 0 Å². The van der Waals surface area contributed by atoms with Crippen LogP contribution < -0.4 is 0 Å². The number of benzene rings is 1. The highest BCUT2D eigenvalue weighted by atomic mass is 32.2. The number of nitrogens with zero attached hydrogens (tertiary/aromatic N) is 1. The van der Waals surface area contributed by atoms with Crippen molar-refractivity contribution in [3.05, 3.63) is 35.9 Å². The van der Waals surface area contributed by atoms with E-state index in [0.29, 0.717) is 12.3 Å². The molecule has 0 aliphatic rings. The van der Waals surface area contributed by atoms with E-state index in [1.807, 2.05) is 39.0 Å². The van der Waals surface area contributed by atoms with E-state index in [1.54, 1.807) is 7.11 Å². The van der Waals surface area contributed by atoms with Crippen LogP contribution in [0.2, 0.25) is 0 Å². The quantitative estimate of drug-likeness (QED) is 0.621. The van der Waals surface area contributed by atoms with Crippen LogP contribution in [0.1, 0.15) is 32.8 Å². The number of hydrogen-bond donors (Lipinski definition) is 0. The average Bonchev–Trinajstić information content (AvgIpc) is 2.34. The third-order valence-electron chi connectivity index (χ3n) is 2.41. The molecule has 0 aliphatic heterocycles. The van der Waals surface area contributed by atoms with Gasteiger partial charge in [0.05, 0.1) is 11.9 Å². The molecule has 0 heterocycles. The van der Waals surface area contributed by atoms with Crippen molar-refractivity contribution in [2.24, 2.45) is 4.40 Å². The molecular formula is C14H21NO2S. The molecule has 0 saturated carbocycles. The minimum absolute atomic E-state index is 0.351. The average molecular weight is 267 g/mol. The van der Waals surface area contributed by atoms with Crippen LogP contribution in [-0.2, 0) is 22.1 Å². The molecule has 0 aliphatic carbocycles. The second-order valence-electron chi connectivity index (χ2n) is 5.04. The normalized spacial score (nSPS) is 14.3. The third-order valence-corrected chi connectivity index (χ3v) is 3.83. The van der Waals surface area contributed by atoms with Gasteiger partial charge < -0.3 is 4.74 Å². The maximum Gasteiger partial charge on any atom is 0.197 e. The van der Waals surface area contributed by atoms with Gasteiger partial charge in [-0.2, -0.15) is 4.40 Å². The van der Waals surface area contributed by atoms with Gasteiger partial charge in [-0.25, -0.2) is 4.21 Å². The lowest BCUT2D eigenvalue weighted by atomic mass is 10.1. The van der Waals surface area contributed by atoms with Gasteiger partial charge in [-0.3, -0.25) is 0 Å². The molecule has 0 saturated heterocycles. The van der Waals surface area contributed by atoms with Crippen molar-refractivity contribution in [2.75, 3.05) is 7.11 Å². The zero-order valence-electron chi connectivity index (χ0n) is 11.5. The fraction of sp³-hybridized carbons (Fsp3) is 0.500. The standard InChI is InChI=1S/C14H21NO2S/c1-14(2,3)18(16)15-13(17-4)11-10-12-8-6-5-7-9-12/h5-9H,10-11H2,1-4H3/b15-13+/t18-/m1/s1. The number of methoxy groups -OCH3 is 1. The lowest BCUT2D eigenvalue weighted by molar-refractivity contribution is 0.391. The molecule has 1 atom stereocenters. The molecule has 0 amide bonds. The Morgan fingerprint density at radius 1 is 1.28 bits per heavy atom. The van der Waals surface area contributed by atoms with E-state index in [-0.39, 0.29) is 4.75 Å². The Balaban J connectivity index is 2.63. The summed E-state index contributed by atoms with van der Waals surface area (Å²) in [5.74, 6) is 0.548. The molecule has 18 heavy (non-hydrogen) atoms. The first-order valence-corrected chi connectivity index (χ1v) is 7.11. The van der Waals surface area contributed by atoms with Gasteiger partial charge in [0.2, 0.25) is 0 Å².